The van der Waals surface area contributed by atoms with Gasteiger partial charge in [0, 0.05) is 25.7 Å². The highest BCUT2D eigenvalue weighted by Crippen LogP contribution is 2.17. The summed E-state index contributed by atoms with van der Waals surface area (Å²) in [4.78, 5) is 0. The number of halogens is 1. The summed E-state index contributed by atoms with van der Waals surface area (Å²) in [6.07, 6.45) is 0. The van der Waals surface area contributed by atoms with Gasteiger partial charge in [-0.05, 0) is 17.7 Å². The van der Waals surface area contributed by atoms with Crippen molar-refractivity contribution in [3.8, 4) is 6.07 Å². The van der Waals surface area contributed by atoms with E-state index in [1.54, 1.807) is 12.1 Å². The fraction of sp³-hybridized carbons (Fsp3) is 0.300. The second-order valence-electron chi connectivity index (χ2n) is 3.15. The van der Waals surface area contributed by atoms with Crippen molar-refractivity contribution < 1.29 is 0 Å². The molecule has 1 aromatic rings. The summed E-state index contributed by atoms with van der Waals surface area (Å²) in [6.45, 7) is 0.664. The summed E-state index contributed by atoms with van der Waals surface area (Å²) >= 11 is 5.98. The van der Waals surface area contributed by atoms with Gasteiger partial charge >= 0.3 is 0 Å². The molecule has 0 saturated carbocycles. The highest BCUT2D eigenvalue weighted by Gasteiger charge is 2.01. The van der Waals surface area contributed by atoms with Gasteiger partial charge in [0.2, 0.25) is 0 Å². The average molecular weight is 210 g/mol. The van der Waals surface area contributed by atoms with E-state index in [9.17, 15) is 0 Å². The molecule has 0 fully saturated rings. The second-order valence-corrected chi connectivity index (χ2v) is 3.55. The van der Waals surface area contributed by atoms with E-state index in [2.05, 4.69) is 5.43 Å². The molecule has 0 amide bonds. The molecule has 0 spiro atoms. The van der Waals surface area contributed by atoms with Gasteiger partial charge in [-0.1, -0.05) is 17.7 Å². The molecule has 3 nitrogen and oxygen atoms in total. The molecule has 1 rings (SSSR count). The minimum atomic E-state index is 0.587. The van der Waals surface area contributed by atoms with Gasteiger partial charge < -0.3 is 0 Å². The predicted molar refractivity (Wildman–Crippen MR) is 56.7 cm³/mol. The Morgan fingerprint density at radius 1 is 1.50 bits per heavy atom. The summed E-state index contributed by atoms with van der Waals surface area (Å²) in [7, 11) is 3.83. The molecule has 1 aromatic carbocycles. The number of hydrogen-bond acceptors (Lipinski definition) is 3. The number of nitrogens with zero attached hydrogens (tertiary/aromatic N) is 2. The maximum absolute atomic E-state index is 8.64. The molecule has 0 saturated heterocycles. The van der Waals surface area contributed by atoms with Crippen LogP contribution in [-0.4, -0.2) is 19.1 Å². The lowest BCUT2D eigenvalue weighted by molar-refractivity contribution is 0.286. The molecule has 14 heavy (non-hydrogen) atoms. The Morgan fingerprint density at radius 2 is 2.21 bits per heavy atom. The molecule has 0 unspecified atom stereocenters. The Balaban J connectivity index is 2.75. The molecule has 0 aliphatic carbocycles. The molecule has 74 valence electrons. The topological polar surface area (TPSA) is 39.1 Å². The second kappa shape index (κ2) is 4.97. The lowest BCUT2D eigenvalue weighted by Gasteiger charge is -2.12. The van der Waals surface area contributed by atoms with Crippen molar-refractivity contribution >= 4 is 11.6 Å². The van der Waals surface area contributed by atoms with Crippen LogP contribution < -0.4 is 5.43 Å². The molecule has 0 radical (unpaired) electrons. The van der Waals surface area contributed by atoms with Gasteiger partial charge in [-0.15, -0.1) is 0 Å². The average Bonchev–Trinajstić information content (AvgIpc) is 2.15. The lowest BCUT2D eigenvalue weighted by atomic mass is 10.1. The monoisotopic (exact) mass is 209 g/mol. The van der Waals surface area contributed by atoms with Crippen LogP contribution in [0.4, 0.5) is 0 Å². The number of rotatable bonds is 3. The Labute approximate surface area is 88.9 Å². The van der Waals surface area contributed by atoms with E-state index in [0.29, 0.717) is 17.1 Å². The van der Waals surface area contributed by atoms with Crippen LogP contribution in [0.5, 0.6) is 0 Å². The molecule has 1 N–H and O–H groups in total. The van der Waals surface area contributed by atoms with Crippen LogP contribution in [-0.2, 0) is 6.54 Å². The smallest absolute Gasteiger partial charge is 0.0992 e. The Kier molecular flexibility index (Phi) is 3.90. The summed E-state index contributed by atoms with van der Waals surface area (Å²) in [6, 6.07) is 7.34. The minimum absolute atomic E-state index is 0.587. The van der Waals surface area contributed by atoms with Crippen molar-refractivity contribution in [1.82, 2.24) is 10.4 Å². The summed E-state index contributed by atoms with van der Waals surface area (Å²) in [5, 5.41) is 11.1. The van der Waals surface area contributed by atoms with Crippen LogP contribution in [0.1, 0.15) is 11.1 Å². The SMILES string of the molecule is CN(C)NCc1ccc(C#N)cc1Cl. The lowest BCUT2D eigenvalue weighted by Crippen LogP contribution is -2.29. The van der Waals surface area contributed by atoms with Gasteiger partial charge in [0.05, 0.1) is 11.6 Å². The third-order valence-electron chi connectivity index (χ3n) is 1.77. The Morgan fingerprint density at radius 3 is 2.71 bits per heavy atom. The zero-order chi connectivity index (χ0) is 10.6. The zero-order valence-electron chi connectivity index (χ0n) is 8.21. The van der Waals surface area contributed by atoms with E-state index in [0.717, 1.165) is 5.56 Å². The molecule has 0 bridgehead atoms. The van der Waals surface area contributed by atoms with Gasteiger partial charge in [0.1, 0.15) is 0 Å². The zero-order valence-corrected chi connectivity index (χ0v) is 8.97. The summed E-state index contributed by atoms with van der Waals surface area (Å²) in [5.41, 5.74) is 4.68. The van der Waals surface area contributed by atoms with E-state index >= 15 is 0 Å². The number of hydrogen-bond donors (Lipinski definition) is 1. The van der Waals surface area contributed by atoms with Crippen molar-refractivity contribution in [3.05, 3.63) is 34.3 Å². The van der Waals surface area contributed by atoms with E-state index < -0.39 is 0 Å². The highest BCUT2D eigenvalue weighted by atomic mass is 35.5. The minimum Gasteiger partial charge on any atom is -0.251 e. The first-order valence-corrected chi connectivity index (χ1v) is 4.60. The van der Waals surface area contributed by atoms with E-state index in [1.165, 1.54) is 0 Å². The molecule has 0 atom stereocenters. The van der Waals surface area contributed by atoms with Crippen molar-refractivity contribution in [1.29, 1.82) is 5.26 Å². The van der Waals surface area contributed by atoms with Crippen molar-refractivity contribution in [3.63, 3.8) is 0 Å². The largest absolute Gasteiger partial charge is 0.251 e. The predicted octanol–water partition coefficient (Wildman–Crippen LogP) is 1.78. The van der Waals surface area contributed by atoms with Gasteiger partial charge in [-0.3, -0.25) is 10.4 Å². The maximum Gasteiger partial charge on any atom is 0.0992 e. The van der Waals surface area contributed by atoms with Gasteiger partial charge in [0.25, 0.3) is 0 Å². The van der Waals surface area contributed by atoms with Gasteiger partial charge in [0.15, 0.2) is 0 Å². The van der Waals surface area contributed by atoms with Crippen LogP contribution in [0.25, 0.3) is 0 Å². The van der Waals surface area contributed by atoms with E-state index in [-0.39, 0.29) is 0 Å². The Bertz CT molecular complexity index is 355. The normalized spacial score (nSPS) is 10.2. The fourth-order valence-electron chi connectivity index (χ4n) is 1.00. The summed E-state index contributed by atoms with van der Waals surface area (Å²) < 4.78 is 0. The maximum atomic E-state index is 8.64. The molecule has 0 aliphatic rings. The first-order chi connectivity index (χ1) is 6.63. The molecular weight excluding hydrogens is 198 g/mol. The van der Waals surface area contributed by atoms with Crippen LogP contribution in [0.3, 0.4) is 0 Å². The fourth-order valence-corrected chi connectivity index (χ4v) is 1.25. The van der Waals surface area contributed by atoms with Crippen LogP contribution in [0, 0.1) is 11.3 Å². The standard InChI is InChI=1S/C10H12ClN3/c1-14(2)13-7-9-4-3-8(6-12)5-10(9)11/h3-5,13H,7H2,1-2H3. The number of benzene rings is 1. The molecule has 4 heteroatoms. The highest BCUT2D eigenvalue weighted by molar-refractivity contribution is 6.31. The van der Waals surface area contributed by atoms with E-state index in [4.69, 9.17) is 16.9 Å². The van der Waals surface area contributed by atoms with Gasteiger partial charge in [-0.25, -0.2) is 0 Å². The van der Waals surface area contributed by atoms with Crippen molar-refractivity contribution in [2.75, 3.05) is 14.1 Å². The quantitative estimate of drug-likeness (QED) is 0.772. The van der Waals surface area contributed by atoms with Crippen molar-refractivity contribution in [2.45, 2.75) is 6.54 Å². The van der Waals surface area contributed by atoms with Crippen LogP contribution in [0.15, 0.2) is 18.2 Å². The molecule has 0 aliphatic heterocycles. The first-order valence-electron chi connectivity index (χ1n) is 4.23. The van der Waals surface area contributed by atoms with Crippen molar-refractivity contribution in [2.24, 2.45) is 0 Å². The number of nitrogens with one attached hydrogen (secondary N) is 1. The molecule has 0 heterocycles. The third-order valence-corrected chi connectivity index (χ3v) is 2.12. The van der Waals surface area contributed by atoms with Gasteiger partial charge in [-0.2, -0.15) is 5.26 Å². The number of hydrazine groups is 1. The Hall–Kier alpha value is -1.08. The van der Waals surface area contributed by atoms with E-state index in [1.807, 2.05) is 31.2 Å². The van der Waals surface area contributed by atoms with Crippen LogP contribution >= 0.6 is 11.6 Å². The number of nitriles is 1. The van der Waals surface area contributed by atoms with Crippen LogP contribution in [0.2, 0.25) is 5.02 Å². The summed E-state index contributed by atoms with van der Waals surface area (Å²) in [5.74, 6) is 0. The first kappa shape index (κ1) is 11.0. The third kappa shape index (κ3) is 3.00. The molecule has 0 aromatic heterocycles. The molecular formula is C10H12ClN3.